The normalized spacial score (nSPS) is 11.2. The minimum atomic E-state index is -0.0319. The van der Waals surface area contributed by atoms with Gasteiger partial charge in [-0.1, -0.05) is 48.5 Å². The van der Waals surface area contributed by atoms with E-state index in [9.17, 15) is 0 Å². The highest BCUT2D eigenvalue weighted by Gasteiger charge is 2.03. The molecular weight excluding hydrogens is 296 g/mol. The highest BCUT2D eigenvalue weighted by atomic mass is 32.2. The van der Waals surface area contributed by atoms with Gasteiger partial charge in [0.05, 0.1) is 9.16 Å². The van der Waals surface area contributed by atoms with Gasteiger partial charge in [0.2, 0.25) is 0 Å². The fraction of sp³-hybridized carbons (Fsp3) is 0.143. The van der Waals surface area contributed by atoms with Gasteiger partial charge in [0, 0.05) is 0 Å². The van der Waals surface area contributed by atoms with Crippen LogP contribution in [0.4, 0.5) is 0 Å². The van der Waals surface area contributed by atoms with Gasteiger partial charge in [0.25, 0.3) is 0 Å². The molecular formula is C14H14S4. The predicted octanol–water partition coefficient (Wildman–Crippen LogP) is 5.07. The Hall–Kier alpha value is -0.160. The Balaban J connectivity index is 2.25. The van der Waals surface area contributed by atoms with Crippen LogP contribution in [0, 0.1) is 0 Å². The number of rotatable bonds is 3. The van der Waals surface area contributed by atoms with Crippen molar-refractivity contribution in [2.75, 3.05) is 0 Å². The maximum atomic E-state index is 4.29. The third-order valence-electron chi connectivity index (χ3n) is 2.75. The number of hydrogen-bond acceptors (Lipinski definition) is 4. The van der Waals surface area contributed by atoms with E-state index in [-0.39, 0.29) is 9.16 Å². The van der Waals surface area contributed by atoms with Gasteiger partial charge in [-0.3, -0.25) is 0 Å². The molecule has 0 bridgehead atoms. The summed E-state index contributed by atoms with van der Waals surface area (Å²) in [6.07, 6.45) is 0. The maximum absolute atomic E-state index is 4.29. The summed E-state index contributed by atoms with van der Waals surface area (Å²) in [6.45, 7) is 0. The van der Waals surface area contributed by atoms with Crippen LogP contribution in [0.5, 0.6) is 0 Å². The number of hydrogen-bond donors (Lipinski definition) is 4. The molecule has 0 N–H and O–H groups in total. The summed E-state index contributed by atoms with van der Waals surface area (Å²) >= 11 is 17.2. The molecule has 0 aromatic heterocycles. The molecule has 0 amide bonds. The van der Waals surface area contributed by atoms with Gasteiger partial charge >= 0.3 is 0 Å². The lowest BCUT2D eigenvalue weighted by Crippen LogP contribution is -1.85. The van der Waals surface area contributed by atoms with Crippen molar-refractivity contribution in [3.05, 3.63) is 59.7 Å². The molecule has 0 saturated heterocycles. The first-order valence-corrected chi connectivity index (χ1v) is 7.57. The molecule has 0 heterocycles. The van der Waals surface area contributed by atoms with Gasteiger partial charge in [0.1, 0.15) is 0 Å². The average Bonchev–Trinajstić information content (AvgIpc) is 2.39. The minimum absolute atomic E-state index is 0.0319. The molecule has 0 aliphatic heterocycles. The molecule has 0 fully saturated rings. The summed E-state index contributed by atoms with van der Waals surface area (Å²) in [5.74, 6) is 0. The second-order valence-electron chi connectivity index (χ2n) is 3.99. The standard InChI is InChI=1S/C14H14S4/c15-13(16)11-5-1-9(2-6-11)10-3-7-12(8-4-10)14(17)18/h1-8,13-18H. The molecule has 0 nitrogen and oxygen atoms in total. The van der Waals surface area contributed by atoms with Crippen molar-refractivity contribution in [2.45, 2.75) is 9.16 Å². The number of thiol groups is 4. The quantitative estimate of drug-likeness (QED) is 0.441. The summed E-state index contributed by atoms with van der Waals surface area (Å²) in [6, 6.07) is 16.5. The van der Waals surface area contributed by atoms with Crippen molar-refractivity contribution in [3.8, 4) is 11.1 Å². The van der Waals surface area contributed by atoms with Crippen LogP contribution in [0.15, 0.2) is 48.5 Å². The molecule has 0 aliphatic carbocycles. The van der Waals surface area contributed by atoms with Crippen LogP contribution in [0.2, 0.25) is 0 Å². The monoisotopic (exact) mass is 310 g/mol. The van der Waals surface area contributed by atoms with E-state index in [0.717, 1.165) is 11.1 Å². The molecule has 2 aromatic carbocycles. The van der Waals surface area contributed by atoms with Gasteiger partial charge in [0.15, 0.2) is 0 Å². The Morgan fingerprint density at radius 2 is 0.778 bits per heavy atom. The Morgan fingerprint density at radius 1 is 0.500 bits per heavy atom. The minimum Gasteiger partial charge on any atom is -0.160 e. The van der Waals surface area contributed by atoms with Crippen molar-refractivity contribution in [1.29, 1.82) is 0 Å². The van der Waals surface area contributed by atoms with E-state index in [2.05, 4.69) is 74.8 Å². The molecule has 2 aromatic rings. The summed E-state index contributed by atoms with van der Waals surface area (Å²) in [5.41, 5.74) is 4.57. The average molecular weight is 311 g/mol. The van der Waals surface area contributed by atoms with Crippen molar-refractivity contribution >= 4 is 50.5 Å². The molecule has 0 saturated carbocycles. The van der Waals surface area contributed by atoms with E-state index >= 15 is 0 Å². The summed E-state index contributed by atoms with van der Waals surface area (Å²) in [4.78, 5) is 0. The molecule has 0 atom stereocenters. The van der Waals surface area contributed by atoms with E-state index < -0.39 is 0 Å². The lowest BCUT2D eigenvalue weighted by Gasteiger charge is -2.08. The van der Waals surface area contributed by atoms with Crippen LogP contribution in [0.25, 0.3) is 11.1 Å². The lowest BCUT2D eigenvalue weighted by molar-refractivity contribution is 1.38. The number of benzene rings is 2. The smallest absolute Gasteiger partial charge is 0.0692 e. The van der Waals surface area contributed by atoms with E-state index in [4.69, 9.17) is 0 Å². The first kappa shape index (κ1) is 14.3. The Morgan fingerprint density at radius 3 is 1.00 bits per heavy atom. The fourth-order valence-corrected chi connectivity index (χ4v) is 2.38. The van der Waals surface area contributed by atoms with E-state index in [1.165, 1.54) is 11.1 Å². The first-order valence-electron chi connectivity index (χ1n) is 5.50. The van der Waals surface area contributed by atoms with Gasteiger partial charge < -0.3 is 0 Å². The van der Waals surface area contributed by atoms with Gasteiger partial charge in [-0.15, -0.1) is 0 Å². The van der Waals surface area contributed by atoms with Crippen molar-refractivity contribution in [1.82, 2.24) is 0 Å². The van der Waals surface area contributed by atoms with E-state index in [0.29, 0.717) is 0 Å². The van der Waals surface area contributed by atoms with Crippen molar-refractivity contribution < 1.29 is 0 Å². The molecule has 4 heteroatoms. The molecule has 94 valence electrons. The summed E-state index contributed by atoms with van der Waals surface area (Å²) in [7, 11) is 0. The molecule has 0 unspecified atom stereocenters. The van der Waals surface area contributed by atoms with Gasteiger partial charge in [-0.05, 0) is 22.3 Å². The third-order valence-corrected chi connectivity index (χ3v) is 3.94. The lowest BCUT2D eigenvalue weighted by atomic mass is 10.0. The van der Waals surface area contributed by atoms with Crippen molar-refractivity contribution in [3.63, 3.8) is 0 Å². The van der Waals surface area contributed by atoms with Crippen LogP contribution >= 0.6 is 50.5 Å². The Kier molecular flexibility index (Phi) is 5.01. The fourth-order valence-electron chi connectivity index (χ4n) is 1.70. The van der Waals surface area contributed by atoms with Crippen LogP contribution in [0.3, 0.4) is 0 Å². The Bertz CT molecular complexity index is 451. The van der Waals surface area contributed by atoms with E-state index in [1.807, 2.05) is 24.3 Å². The van der Waals surface area contributed by atoms with Gasteiger partial charge in [-0.25, -0.2) is 0 Å². The topological polar surface area (TPSA) is 0 Å². The summed E-state index contributed by atoms with van der Waals surface area (Å²) < 4.78 is -0.0638. The second-order valence-corrected chi connectivity index (χ2v) is 6.87. The highest BCUT2D eigenvalue weighted by molar-refractivity contribution is 7.98. The molecule has 0 spiro atoms. The second kappa shape index (κ2) is 6.33. The van der Waals surface area contributed by atoms with Crippen LogP contribution in [-0.2, 0) is 0 Å². The zero-order valence-corrected chi connectivity index (χ0v) is 13.1. The predicted molar refractivity (Wildman–Crippen MR) is 93.3 cm³/mol. The molecule has 0 aliphatic rings. The molecule has 0 radical (unpaired) electrons. The largest absolute Gasteiger partial charge is 0.160 e. The van der Waals surface area contributed by atoms with Crippen LogP contribution < -0.4 is 0 Å². The zero-order valence-electron chi connectivity index (χ0n) is 9.56. The highest BCUT2D eigenvalue weighted by Crippen LogP contribution is 2.29. The molecule has 18 heavy (non-hydrogen) atoms. The SMILES string of the molecule is SC(S)c1ccc(-c2ccc(C(S)S)cc2)cc1. The van der Waals surface area contributed by atoms with Gasteiger partial charge in [-0.2, -0.15) is 50.5 Å². The summed E-state index contributed by atoms with van der Waals surface area (Å²) in [5, 5.41) is 0. The maximum Gasteiger partial charge on any atom is 0.0692 e. The molecule has 2 rings (SSSR count). The van der Waals surface area contributed by atoms with Crippen LogP contribution in [-0.4, -0.2) is 0 Å². The first-order chi connectivity index (χ1) is 8.58. The third kappa shape index (κ3) is 3.44. The zero-order chi connectivity index (χ0) is 13.1. The van der Waals surface area contributed by atoms with E-state index in [1.54, 1.807) is 0 Å². The Labute approximate surface area is 130 Å². The van der Waals surface area contributed by atoms with Crippen LogP contribution in [0.1, 0.15) is 20.3 Å². The van der Waals surface area contributed by atoms with Crippen molar-refractivity contribution in [2.24, 2.45) is 0 Å².